The van der Waals surface area contributed by atoms with E-state index in [0.29, 0.717) is 6.42 Å². The average Bonchev–Trinajstić information content (AvgIpc) is 3.20. The van der Waals surface area contributed by atoms with Crippen molar-refractivity contribution in [1.29, 1.82) is 0 Å². The number of primary amides is 1. The number of nitrogens with two attached hydrogens (primary N) is 1. The lowest BCUT2D eigenvalue weighted by Gasteiger charge is -2.28. The minimum absolute atomic E-state index is 0.0245. The van der Waals surface area contributed by atoms with Gasteiger partial charge in [-0.25, -0.2) is 9.48 Å². The molecule has 3 rings (SSSR count). The van der Waals surface area contributed by atoms with E-state index in [1.165, 1.54) is 10.7 Å². The molecule has 0 spiro atoms. The van der Waals surface area contributed by atoms with Crippen LogP contribution in [0.4, 0.5) is 5.82 Å². The Morgan fingerprint density at radius 3 is 2.62 bits per heavy atom. The van der Waals surface area contributed by atoms with Gasteiger partial charge in [-0.15, -0.1) is 0 Å². The lowest BCUT2D eigenvalue weighted by Crippen LogP contribution is -2.42. The predicted octanol–water partition coefficient (Wildman–Crippen LogP) is 2.37. The van der Waals surface area contributed by atoms with Crippen molar-refractivity contribution in [1.82, 2.24) is 14.7 Å². The number of rotatable bonds is 6. The molecule has 4 N–H and O–H groups in total. The predicted molar refractivity (Wildman–Crippen MR) is 110 cm³/mol. The van der Waals surface area contributed by atoms with Crippen molar-refractivity contribution in [2.45, 2.75) is 24.9 Å². The number of carbonyl (C=O) groups is 3. The summed E-state index contributed by atoms with van der Waals surface area (Å²) in [5.41, 5.74) is 5.51. The second-order valence-electron chi connectivity index (χ2n) is 6.73. The van der Waals surface area contributed by atoms with E-state index in [1.54, 1.807) is 18.2 Å². The van der Waals surface area contributed by atoms with Gasteiger partial charge in [-0.2, -0.15) is 5.10 Å². The highest BCUT2D eigenvalue weighted by Crippen LogP contribution is 2.34. The van der Waals surface area contributed by atoms with E-state index in [-0.39, 0.29) is 32.6 Å². The molecule has 0 saturated carbocycles. The molecular weight excluding hydrogens is 466 g/mol. The number of nitrogens with one attached hydrogen (secondary N) is 1. The number of carboxylic acids is 1. The first kappa shape index (κ1) is 21.3. The summed E-state index contributed by atoms with van der Waals surface area (Å²) >= 11 is 9.27. The quantitative estimate of drug-likeness (QED) is 0.577. The van der Waals surface area contributed by atoms with Crippen LogP contribution in [-0.2, 0) is 4.79 Å². The monoisotopic (exact) mass is 483 g/mol. The third-order valence-corrected chi connectivity index (χ3v) is 5.98. The molecule has 2 unspecified atom stereocenters. The van der Waals surface area contributed by atoms with E-state index in [1.807, 2.05) is 11.9 Å². The van der Waals surface area contributed by atoms with Crippen molar-refractivity contribution in [3.63, 3.8) is 0 Å². The number of hydrogen-bond donors (Lipinski definition) is 3. The lowest BCUT2D eigenvalue weighted by molar-refractivity contribution is -0.123. The molecule has 2 aromatic rings. The number of anilines is 1. The molecule has 154 valence electrons. The fraction of sp³-hybridized carbons (Fsp3) is 0.333. The van der Waals surface area contributed by atoms with Gasteiger partial charge in [-0.05, 0) is 54.5 Å². The van der Waals surface area contributed by atoms with Crippen LogP contribution in [0, 0.1) is 0 Å². The Bertz CT molecular complexity index is 979. The molecule has 2 atom stereocenters. The van der Waals surface area contributed by atoms with Crippen LogP contribution in [-0.4, -0.2) is 57.2 Å². The Balaban J connectivity index is 2.08. The molecule has 0 aliphatic carbocycles. The highest BCUT2D eigenvalue weighted by Gasteiger charge is 2.38. The molecule has 0 radical (unpaired) electrons. The number of carboxylic acid groups (broad SMARTS) is 1. The van der Waals surface area contributed by atoms with E-state index < -0.39 is 23.8 Å². The molecule has 1 aliphatic heterocycles. The van der Waals surface area contributed by atoms with Gasteiger partial charge in [0.25, 0.3) is 5.91 Å². The summed E-state index contributed by atoms with van der Waals surface area (Å²) in [5.74, 6) is -2.54. The van der Waals surface area contributed by atoms with Crippen LogP contribution in [0.3, 0.4) is 0 Å². The Hall–Kier alpha value is -2.43. The molecule has 11 heteroatoms. The van der Waals surface area contributed by atoms with E-state index in [9.17, 15) is 19.5 Å². The summed E-state index contributed by atoms with van der Waals surface area (Å²) in [7, 11) is 1.85. The van der Waals surface area contributed by atoms with Crippen LogP contribution in [0.15, 0.2) is 28.7 Å². The Morgan fingerprint density at radius 2 is 2.07 bits per heavy atom. The van der Waals surface area contributed by atoms with Crippen LogP contribution in [0.5, 0.6) is 0 Å². The van der Waals surface area contributed by atoms with Crippen LogP contribution in [0.2, 0.25) is 5.02 Å². The van der Waals surface area contributed by atoms with Gasteiger partial charge in [0.15, 0.2) is 5.69 Å². The maximum atomic E-state index is 12.8. The largest absolute Gasteiger partial charge is 0.476 e. The minimum atomic E-state index is -1.31. The maximum absolute atomic E-state index is 12.8. The van der Waals surface area contributed by atoms with Crippen molar-refractivity contribution in [2.75, 3.05) is 18.9 Å². The van der Waals surface area contributed by atoms with Gasteiger partial charge in [-0.3, -0.25) is 9.59 Å². The molecule has 1 aromatic heterocycles. The number of halogens is 2. The zero-order valence-corrected chi connectivity index (χ0v) is 17.8. The van der Waals surface area contributed by atoms with Crippen molar-refractivity contribution < 1.29 is 19.5 Å². The first-order valence-electron chi connectivity index (χ1n) is 8.79. The van der Waals surface area contributed by atoms with Gasteiger partial charge in [0.1, 0.15) is 11.9 Å². The number of carbonyl (C=O) groups excluding carboxylic acids is 2. The smallest absolute Gasteiger partial charge is 0.357 e. The highest BCUT2D eigenvalue weighted by atomic mass is 79.9. The summed E-state index contributed by atoms with van der Waals surface area (Å²) in [6.45, 7) is 0.768. The summed E-state index contributed by atoms with van der Waals surface area (Å²) in [6, 6.07) is 5.17. The van der Waals surface area contributed by atoms with Gasteiger partial charge < -0.3 is 21.1 Å². The van der Waals surface area contributed by atoms with Crippen molar-refractivity contribution in [2.24, 2.45) is 5.73 Å². The molecule has 0 bridgehead atoms. The first-order valence-corrected chi connectivity index (χ1v) is 9.96. The lowest BCUT2D eigenvalue weighted by atomic mass is 10.1. The Labute approximate surface area is 179 Å². The van der Waals surface area contributed by atoms with Gasteiger partial charge in [0.05, 0.1) is 15.1 Å². The summed E-state index contributed by atoms with van der Waals surface area (Å²) < 4.78 is 1.22. The SMILES string of the molecule is CN1CCCC1C(C(N)=O)n1nc(C(=O)O)c(Br)c1NC(=O)c1ccccc1Cl. The summed E-state index contributed by atoms with van der Waals surface area (Å²) in [4.78, 5) is 38.7. The Kier molecular flexibility index (Phi) is 6.25. The zero-order valence-electron chi connectivity index (χ0n) is 15.4. The van der Waals surface area contributed by atoms with E-state index in [0.717, 1.165) is 13.0 Å². The van der Waals surface area contributed by atoms with Crippen LogP contribution in [0.1, 0.15) is 39.7 Å². The average molecular weight is 485 g/mol. The van der Waals surface area contributed by atoms with Crippen LogP contribution in [0.25, 0.3) is 0 Å². The number of likely N-dealkylation sites (N-methyl/N-ethyl adjacent to an activating group) is 1. The second-order valence-corrected chi connectivity index (χ2v) is 7.93. The minimum Gasteiger partial charge on any atom is -0.476 e. The summed E-state index contributed by atoms with van der Waals surface area (Å²) in [5, 5.41) is 16.4. The van der Waals surface area contributed by atoms with Crippen molar-refractivity contribution in [3.05, 3.63) is 45.0 Å². The van der Waals surface area contributed by atoms with Gasteiger partial charge >= 0.3 is 5.97 Å². The van der Waals surface area contributed by atoms with E-state index in [4.69, 9.17) is 17.3 Å². The molecule has 1 aromatic carbocycles. The number of likely N-dealkylation sites (tertiary alicyclic amines) is 1. The Morgan fingerprint density at radius 1 is 1.38 bits per heavy atom. The summed E-state index contributed by atoms with van der Waals surface area (Å²) in [6.07, 6.45) is 1.54. The number of benzene rings is 1. The zero-order chi connectivity index (χ0) is 21.3. The number of hydrogen-bond acceptors (Lipinski definition) is 5. The molecule has 2 heterocycles. The fourth-order valence-corrected chi connectivity index (χ4v) is 4.24. The molecule has 1 aliphatic rings. The van der Waals surface area contributed by atoms with Crippen molar-refractivity contribution in [3.8, 4) is 0 Å². The molecule has 29 heavy (non-hydrogen) atoms. The normalized spacial score (nSPS) is 17.8. The molecular formula is C18H19BrClN5O4. The number of aromatic carboxylic acids is 1. The molecule has 9 nitrogen and oxygen atoms in total. The van der Waals surface area contributed by atoms with Crippen molar-refractivity contribution >= 4 is 51.1 Å². The van der Waals surface area contributed by atoms with Gasteiger partial charge in [-0.1, -0.05) is 23.7 Å². The standard InChI is InChI=1S/C18H19BrClN5O4/c1-24-8-4-7-11(24)14(15(21)26)25-16(12(19)13(23-25)18(28)29)22-17(27)9-5-2-3-6-10(9)20/h2-3,5-6,11,14H,4,7-8H2,1H3,(H2,21,26)(H,22,27)(H,28,29). The molecule has 1 saturated heterocycles. The number of nitrogens with zero attached hydrogens (tertiary/aromatic N) is 3. The van der Waals surface area contributed by atoms with Gasteiger partial charge in [0.2, 0.25) is 5.91 Å². The van der Waals surface area contributed by atoms with E-state index in [2.05, 4.69) is 26.3 Å². The third kappa shape index (κ3) is 4.14. The van der Waals surface area contributed by atoms with E-state index >= 15 is 0 Å². The third-order valence-electron chi connectivity index (χ3n) is 4.90. The maximum Gasteiger partial charge on any atom is 0.357 e. The van der Waals surface area contributed by atoms with Crippen LogP contribution >= 0.6 is 27.5 Å². The van der Waals surface area contributed by atoms with Crippen LogP contribution < -0.4 is 11.1 Å². The number of amides is 2. The first-order chi connectivity index (χ1) is 13.7. The van der Waals surface area contributed by atoms with Gasteiger partial charge in [0, 0.05) is 6.04 Å². The fourth-order valence-electron chi connectivity index (χ4n) is 3.49. The topological polar surface area (TPSA) is 131 Å². The molecule has 1 fully saturated rings. The molecule has 2 amide bonds. The number of aromatic nitrogens is 2. The second kappa shape index (κ2) is 8.52. The highest BCUT2D eigenvalue weighted by molar-refractivity contribution is 9.10.